The van der Waals surface area contributed by atoms with Gasteiger partial charge in [-0.2, -0.15) is 0 Å². The molecule has 0 aliphatic carbocycles. The van der Waals surface area contributed by atoms with E-state index in [0.29, 0.717) is 23.5 Å². The van der Waals surface area contributed by atoms with Crippen LogP contribution in [0.1, 0.15) is 26.3 Å². The number of esters is 1. The third-order valence-corrected chi connectivity index (χ3v) is 3.46. The molecule has 0 aromatic heterocycles. The maximum atomic E-state index is 12.2. The van der Waals surface area contributed by atoms with Gasteiger partial charge in [-0.25, -0.2) is 4.79 Å². The Kier molecular flexibility index (Phi) is 4.48. The lowest BCUT2D eigenvalue weighted by Gasteiger charge is -2.24. The van der Waals surface area contributed by atoms with Crippen LogP contribution in [0.5, 0.6) is 0 Å². The summed E-state index contributed by atoms with van der Waals surface area (Å²) < 4.78 is 10.8. The van der Waals surface area contributed by atoms with Crippen molar-refractivity contribution in [3.8, 4) is 0 Å². The molecule has 1 aromatic rings. The fraction of sp³-hybridized carbons (Fsp3) is 0.353. The smallest absolute Gasteiger partial charge is 0.341 e. The molecule has 0 radical (unpaired) electrons. The predicted molar refractivity (Wildman–Crippen MR) is 80.3 cm³/mol. The summed E-state index contributed by atoms with van der Waals surface area (Å²) in [5.41, 5.74) is 1.05. The van der Waals surface area contributed by atoms with Gasteiger partial charge in [0.15, 0.2) is 5.60 Å². The second kappa shape index (κ2) is 6.14. The number of aliphatic hydroxyl groups excluding tert-OH is 1. The lowest BCUT2D eigenvalue weighted by molar-refractivity contribution is -0.138. The fourth-order valence-electron chi connectivity index (χ4n) is 2.41. The van der Waals surface area contributed by atoms with Gasteiger partial charge >= 0.3 is 5.97 Å². The monoisotopic (exact) mass is 288 g/mol. The van der Waals surface area contributed by atoms with E-state index in [9.17, 15) is 9.90 Å². The highest BCUT2D eigenvalue weighted by Crippen LogP contribution is 2.40. The molecule has 0 spiro atoms. The summed E-state index contributed by atoms with van der Waals surface area (Å²) in [7, 11) is 0. The van der Waals surface area contributed by atoms with E-state index in [1.54, 1.807) is 20.8 Å². The SMILES string of the molecule is CCOC(=O)C1=C(C)OC(C)(CO)/C1=C\c1ccccc1. The van der Waals surface area contributed by atoms with Crippen LogP contribution < -0.4 is 0 Å². The minimum absolute atomic E-state index is 0.216. The minimum atomic E-state index is -0.929. The topological polar surface area (TPSA) is 55.8 Å². The van der Waals surface area contributed by atoms with Crippen molar-refractivity contribution in [3.63, 3.8) is 0 Å². The molecule has 112 valence electrons. The van der Waals surface area contributed by atoms with Crippen molar-refractivity contribution in [3.05, 3.63) is 52.8 Å². The molecule has 1 atom stereocenters. The van der Waals surface area contributed by atoms with E-state index in [1.165, 1.54) is 0 Å². The maximum absolute atomic E-state index is 12.2. The number of benzene rings is 1. The Balaban J connectivity index is 2.49. The number of carbonyl (C=O) groups excluding carboxylic acids is 1. The molecule has 2 rings (SSSR count). The zero-order valence-electron chi connectivity index (χ0n) is 12.6. The molecule has 1 heterocycles. The van der Waals surface area contributed by atoms with Crippen LogP contribution in [-0.2, 0) is 14.3 Å². The van der Waals surface area contributed by atoms with Crippen LogP contribution in [0.4, 0.5) is 0 Å². The molecule has 0 saturated carbocycles. The Bertz CT molecular complexity index is 586. The first-order valence-corrected chi connectivity index (χ1v) is 6.97. The Morgan fingerprint density at radius 3 is 2.62 bits per heavy atom. The Labute approximate surface area is 124 Å². The molecule has 1 aromatic carbocycles. The van der Waals surface area contributed by atoms with E-state index in [4.69, 9.17) is 9.47 Å². The van der Waals surface area contributed by atoms with Crippen molar-refractivity contribution in [2.75, 3.05) is 13.2 Å². The van der Waals surface area contributed by atoms with Crippen molar-refractivity contribution in [1.82, 2.24) is 0 Å². The van der Waals surface area contributed by atoms with Crippen LogP contribution in [0.2, 0.25) is 0 Å². The normalized spacial score (nSPS) is 23.3. The van der Waals surface area contributed by atoms with Gasteiger partial charge in [-0.1, -0.05) is 30.3 Å². The van der Waals surface area contributed by atoms with Gasteiger partial charge in [-0.3, -0.25) is 0 Å². The van der Waals surface area contributed by atoms with E-state index >= 15 is 0 Å². The summed E-state index contributed by atoms with van der Waals surface area (Å²) in [5.74, 6) is 0.0570. The van der Waals surface area contributed by atoms with E-state index in [1.807, 2.05) is 36.4 Å². The summed E-state index contributed by atoms with van der Waals surface area (Å²) in [6, 6.07) is 9.62. The fourth-order valence-corrected chi connectivity index (χ4v) is 2.41. The molecule has 4 nitrogen and oxygen atoms in total. The highest BCUT2D eigenvalue weighted by atomic mass is 16.5. The zero-order valence-corrected chi connectivity index (χ0v) is 12.6. The van der Waals surface area contributed by atoms with Crippen molar-refractivity contribution < 1.29 is 19.4 Å². The summed E-state index contributed by atoms with van der Waals surface area (Å²) >= 11 is 0. The highest BCUT2D eigenvalue weighted by molar-refractivity contribution is 5.97. The van der Waals surface area contributed by atoms with Crippen LogP contribution in [-0.4, -0.2) is 29.9 Å². The third-order valence-electron chi connectivity index (χ3n) is 3.46. The number of allylic oxidation sites excluding steroid dienone is 1. The zero-order chi connectivity index (χ0) is 15.5. The third kappa shape index (κ3) is 3.00. The van der Waals surface area contributed by atoms with Gasteiger partial charge in [-0.05, 0) is 32.4 Å². The lowest BCUT2D eigenvalue weighted by atomic mass is 9.90. The Hall–Kier alpha value is -2.07. The number of hydrogen-bond donors (Lipinski definition) is 1. The molecule has 0 fully saturated rings. The standard InChI is InChI=1S/C17H20O4/c1-4-20-16(19)15-12(2)21-17(3,11-18)14(15)10-13-8-6-5-7-9-13/h5-10,18H,4,11H2,1-3H3/b14-10-. The molecule has 0 saturated heterocycles. The van der Waals surface area contributed by atoms with Crippen LogP contribution in [0, 0.1) is 0 Å². The average molecular weight is 288 g/mol. The molecule has 1 unspecified atom stereocenters. The van der Waals surface area contributed by atoms with Crippen molar-refractivity contribution in [2.45, 2.75) is 26.4 Å². The Morgan fingerprint density at radius 1 is 1.38 bits per heavy atom. The highest BCUT2D eigenvalue weighted by Gasteiger charge is 2.43. The molecule has 1 N–H and O–H groups in total. The maximum Gasteiger partial charge on any atom is 0.341 e. The molecule has 1 aliphatic heterocycles. The van der Waals surface area contributed by atoms with Crippen molar-refractivity contribution in [2.24, 2.45) is 0 Å². The summed E-state index contributed by atoms with van der Waals surface area (Å²) in [5, 5.41) is 9.68. The van der Waals surface area contributed by atoms with Gasteiger partial charge in [0.2, 0.25) is 0 Å². The van der Waals surface area contributed by atoms with Crippen LogP contribution >= 0.6 is 0 Å². The molecular weight excluding hydrogens is 268 g/mol. The van der Waals surface area contributed by atoms with Gasteiger partial charge in [0.25, 0.3) is 0 Å². The average Bonchev–Trinajstić information content (AvgIpc) is 2.72. The van der Waals surface area contributed by atoms with Gasteiger partial charge in [-0.15, -0.1) is 0 Å². The second-order valence-corrected chi connectivity index (χ2v) is 5.11. The Morgan fingerprint density at radius 2 is 2.05 bits per heavy atom. The van der Waals surface area contributed by atoms with Gasteiger partial charge < -0.3 is 14.6 Å². The minimum Gasteiger partial charge on any atom is -0.484 e. The van der Waals surface area contributed by atoms with E-state index in [-0.39, 0.29) is 6.61 Å². The largest absolute Gasteiger partial charge is 0.484 e. The predicted octanol–water partition coefficient (Wildman–Crippen LogP) is 2.69. The summed E-state index contributed by atoms with van der Waals surface area (Å²) in [6.07, 6.45) is 1.86. The molecule has 21 heavy (non-hydrogen) atoms. The quantitative estimate of drug-likeness (QED) is 0.865. The van der Waals surface area contributed by atoms with E-state index < -0.39 is 11.6 Å². The number of aliphatic hydroxyl groups is 1. The number of ether oxygens (including phenoxy) is 2. The van der Waals surface area contributed by atoms with E-state index in [0.717, 1.165) is 5.56 Å². The molecule has 0 bridgehead atoms. The van der Waals surface area contributed by atoms with Crippen molar-refractivity contribution >= 4 is 12.0 Å². The molecule has 0 amide bonds. The van der Waals surface area contributed by atoms with Crippen LogP contribution in [0.15, 0.2) is 47.2 Å². The first kappa shape index (κ1) is 15.3. The van der Waals surface area contributed by atoms with Crippen molar-refractivity contribution in [1.29, 1.82) is 0 Å². The van der Waals surface area contributed by atoms with Gasteiger partial charge in [0.1, 0.15) is 11.3 Å². The first-order valence-electron chi connectivity index (χ1n) is 6.97. The molecular formula is C17H20O4. The van der Waals surface area contributed by atoms with Gasteiger partial charge in [0, 0.05) is 5.57 Å². The second-order valence-electron chi connectivity index (χ2n) is 5.11. The van der Waals surface area contributed by atoms with E-state index in [2.05, 4.69) is 0 Å². The number of rotatable bonds is 4. The molecule has 1 aliphatic rings. The number of hydrogen-bond acceptors (Lipinski definition) is 4. The van der Waals surface area contributed by atoms with Crippen LogP contribution in [0.25, 0.3) is 6.08 Å². The summed E-state index contributed by atoms with van der Waals surface area (Å²) in [6.45, 7) is 5.31. The first-order chi connectivity index (χ1) is 10.0. The number of carbonyl (C=O) groups is 1. The van der Waals surface area contributed by atoms with Crippen LogP contribution in [0.3, 0.4) is 0 Å². The lowest BCUT2D eigenvalue weighted by Crippen LogP contribution is -2.32. The van der Waals surface area contributed by atoms with Gasteiger partial charge in [0.05, 0.1) is 13.2 Å². The molecule has 4 heteroatoms. The summed E-state index contributed by atoms with van der Waals surface area (Å²) in [4.78, 5) is 12.2.